The summed E-state index contributed by atoms with van der Waals surface area (Å²) in [7, 11) is 0. The molecule has 1 unspecified atom stereocenters. The monoisotopic (exact) mass is 310 g/mol. The predicted octanol–water partition coefficient (Wildman–Crippen LogP) is 2.28. The minimum absolute atomic E-state index is 0.101. The smallest absolute Gasteiger partial charge is 0.0764 e. The molecular formula is C16H23ClN2O2. The number of hydrogen-bond acceptors (Lipinski definition) is 4. The molecule has 2 fully saturated rings. The van der Waals surface area contributed by atoms with E-state index in [1.807, 2.05) is 6.07 Å². The Morgan fingerprint density at radius 1 is 1.33 bits per heavy atom. The summed E-state index contributed by atoms with van der Waals surface area (Å²) in [6.07, 6.45) is 8.12. The number of halogens is 1. The number of pyridine rings is 1. The number of aromatic nitrogens is 1. The summed E-state index contributed by atoms with van der Waals surface area (Å²) in [4.78, 5) is 6.46. The zero-order valence-electron chi connectivity index (χ0n) is 12.3. The lowest BCUT2D eigenvalue weighted by Crippen LogP contribution is -2.59. The highest BCUT2D eigenvalue weighted by atomic mass is 35.5. The molecule has 0 radical (unpaired) electrons. The molecule has 1 aliphatic heterocycles. The first-order valence-corrected chi connectivity index (χ1v) is 8.19. The summed E-state index contributed by atoms with van der Waals surface area (Å²) < 4.78 is 5.47. The lowest BCUT2D eigenvalue weighted by molar-refractivity contribution is -0.0753. The highest BCUT2D eigenvalue weighted by Gasteiger charge is 2.45. The fourth-order valence-corrected chi connectivity index (χ4v) is 4.02. The van der Waals surface area contributed by atoms with E-state index < -0.39 is 6.10 Å². The predicted molar refractivity (Wildman–Crippen MR) is 82.5 cm³/mol. The van der Waals surface area contributed by atoms with E-state index >= 15 is 0 Å². The van der Waals surface area contributed by atoms with E-state index in [2.05, 4.69) is 9.88 Å². The van der Waals surface area contributed by atoms with E-state index in [0.717, 1.165) is 44.7 Å². The second-order valence-corrected chi connectivity index (χ2v) is 6.50. The zero-order valence-corrected chi connectivity index (χ0v) is 13.1. The SMILES string of the molecule is OC(Cc1ccncc1Cl)C1(N2CCOCC2)CCCC1. The van der Waals surface area contributed by atoms with Gasteiger partial charge in [0.15, 0.2) is 0 Å². The van der Waals surface area contributed by atoms with Crippen LogP contribution in [0.4, 0.5) is 0 Å². The summed E-state index contributed by atoms with van der Waals surface area (Å²) in [6.45, 7) is 3.37. The van der Waals surface area contributed by atoms with Crippen LogP contribution in [0, 0.1) is 0 Å². The van der Waals surface area contributed by atoms with Gasteiger partial charge in [-0.3, -0.25) is 9.88 Å². The lowest BCUT2D eigenvalue weighted by atomic mass is 9.84. The molecule has 1 aromatic rings. The molecule has 5 heteroatoms. The Labute approximate surface area is 131 Å². The summed E-state index contributed by atoms with van der Waals surface area (Å²) in [5.74, 6) is 0. The average Bonchev–Trinajstić information content (AvgIpc) is 3.01. The number of morpholine rings is 1. The Morgan fingerprint density at radius 3 is 2.71 bits per heavy atom. The fraction of sp³-hybridized carbons (Fsp3) is 0.688. The summed E-state index contributed by atoms with van der Waals surface area (Å²) in [5.41, 5.74) is 0.884. The van der Waals surface area contributed by atoms with Crippen molar-refractivity contribution >= 4 is 11.6 Å². The van der Waals surface area contributed by atoms with Crippen molar-refractivity contribution in [2.45, 2.75) is 43.7 Å². The van der Waals surface area contributed by atoms with Crippen molar-refractivity contribution in [1.82, 2.24) is 9.88 Å². The van der Waals surface area contributed by atoms with Crippen LogP contribution in [0.15, 0.2) is 18.5 Å². The Balaban J connectivity index is 1.78. The van der Waals surface area contributed by atoms with Crippen molar-refractivity contribution in [2.24, 2.45) is 0 Å². The van der Waals surface area contributed by atoms with Gasteiger partial charge >= 0.3 is 0 Å². The van der Waals surface area contributed by atoms with E-state index in [4.69, 9.17) is 16.3 Å². The molecule has 3 rings (SSSR count). The van der Waals surface area contributed by atoms with Crippen LogP contribution in [-0.2, 0) is 11.2 Å². The fourth-order valence-electron chi connectivity index (χ4n) is 3.82. The minimum Gasteiger partial charge on any atom is -0.391 e. The molecule has 1 atom stereocenters. The molecule has 2 aliphatic rings. The Bertz CT molecular complexity index is 471. The van der Waals surface area contributed by atoms with Gasteiger partial charge in [-0.1, -0.05) is 24.4 Å². The van der Waals surface area contributed by atoms with Crippen molar-refractivity contribution in [1.29, 1.82) is 0 Å². The lowest BCUT2D eigenvalue weighted by Gasteiger charge is -2.46. The van der Waals surface area contributed by atoms with Gasteiger partial charge in [0.2, 0.25) is 0 Å². The van der Waals surface area contributed by atoms with E-state index in [-0.39, 0.29) is 5.54 Å². The standard InChI is InChI=1S/C16H23ClN2O2/c17-14-12-18-6-3-13(14)11-15(20)16(4-1-2-5-16)19-7-9-21-10-8-19/h3,6,12,15,20H,1-2,4-5,7-11H2. The van der Waals surface area contributed by atoms with Gasteiger partial charge in [-0.25, -0.2) is 0 Å². The number of aliphatic hydroxyl groups is 1. The topological polar surface area (TPSA) is 45.6 Å². The maximum atomic E-state index is 11.0. The maximum absolute atomic E-state index is 11.0. The van der Waals surface area contributed by atoms with Crippen LogP contribution in [0.5, 0.6) is 0 Å². The average molecular weight is 311 g/mol. The quantitative estimate of drug-likeness (QED) is 0.927. The molecule has 21 heavy (non-hydrogen) atoms. The van der Waals surface area contributed by atoms with E-state index in [0.29, 0.717) is 11.4 Å². The molecule has 1 saturated carbocycles. The van der Waals surface area contributed by atoms with Crippen molar-refractivity contribution in [3.63, 3.8) is 0 Å². The highest BCUT2D eigenvalue weighted by molar-refractivity contribution is 6.31. The third kappa shape index (κ3) is 3.09. The zero-order chi connectivity index (χ0) is 14.7. The second kappa shape index (κ2) is 6.61. The van der Waals surface area contributed by atoms with Crippen molar-refractivity contribution in [2.75, 3.05) is 26.3 Å². The number of aliphatic hydroxyl groups excluding tert-OH is 1. The molecule has 1 aliphatic carbocycles. The normalized spacial score (nSPS) is 24.1. The Kier molecular flexibility index (Phi) is 4.79. The maximum Gasteiger partial charge on any atom is 0.0764 e. The van der Waals surface area contributed by atoms with Crippen LogP contribution in [-0.4, -0.2) is 52.9 Å². The molecule has 2 heterocycles. The van der Waals surface area contributed by atoms with E-state index in [1.54, 1.807) is 12.4 Å². The van der Waals surface area contributed by atoms with Crippen LogP contribution in [0.3, 0.4) is 0 Å². The summed E-state index contributed by atoms with van der Waals surface area (Å²) >= 11 is 6.20. The first-order chi connectivity index (χ1) is 10.2. The third-order valence-corrected chi connectivity index (χ3v) is 5.34. The van der Waals surface area contributed by atoms with Gasteiger partial charge in [-0.15, -0.1) is 0 Å². The van der Waals surface area contributed by atoms with Gasteiger partial charge in [0, 0.05) is 37.4 Å². The first kappa shape index (κ1) is 15.2. The number of ether oxygens (including phenoxy) is 1. The first-order valence-electron chi connectivity index (χ1n) is 7.82. The molecule has 0 amide bonds. The molecule has 0 aromatic carbocycles. The van der Waals surface area contributed by atoms with Crippen molar-refractivity contribution < 1.29 is 9.84 Å². The molecule has 4 nitrogen and oxygen atoms in total. The van der Waals surface area contributed by atoms with Crippen LogP contribution in [0.2, 0.25) is 5.02 Å². The highest BCUT2D eigenvalue weighted by Crippen LogP contribution is 2.40. The largest absolute Gasteiger partial charge is 0.391 e. The molecule has 1 N–H and O–H groups in total. The van der Waals surface area contributed by atoms with Gasteiger partial charge in [-0.05, 0) is 24.5 Å². The van der Waals surface area contributed by atoms with Crippen LogP contribution in [0.25, 0.3) is 0 Å². The van der Waals surface area contributed by atoms with Gasteiger partial charge in [0.05, 0.1) is 24.3 Å². The Morgan fingerprint density at radius 2 is 2.05 bits per heavy atom. The van der Waals surface area contributed by atoms with Crippen molar-refractivity contribution in [3.05, 3.63) is 29.0 Å². The third-order valence-electron chi connectivity index (χ3n) is 5.00. The molecule has 1 saturated heterocycles. The minimum atomic E-state index is -0.391. The molecule has 116 valence electrons. The van der Waals surface area contributed by atoms with Gasteiger partial charge in [-0.2, -0.15) is 0 Å². The molecule has 0 bridgehead atoms. The van der Waals surface area contributed by atoms with Crippen molar-refractivity contribution in [3.8, 4) is 0 Å². The Hall–Kier alpha value is -0.680. The number of nitrogens with zero attached hydrogens (tertiary/aromatic N) is 2. The molecule has 1 aromatic heterocycles. The molecule has 0 spiro atoms. The summed E-state index contributed by atoms with van der Waals surface area (Å²) in [6, 6.07) is 1.91. The van der Waals surface area contributed by atoms with E-state index in [1.165, 1.54) is 12.8 Å². The number of hydrogen-bond donors (Lipinski definition) is 1. The van der Waals surface area contributed by atoms with Gasteiger partial charge < -0.3 is 9.84 Å². The second-order valence-electron chi connectivity index (χ2n) is 6.10. The van der Waals surface area contributed by atoms with E-state index in [9.17, 15) is 5.11 Å². The van der Waals surface area contributed by atoms with Crippen LogP contribution < -0.4 is 0 Å². The number of rotatable bonds is 4. The summed E-state index contributed by atoms with van der Waals surface area (Å²) in [5, 5.41) is 11.6. The van der Waals surface area contributed by atoms with Gasteiger partial charge in [0.1, 0.15) is 0 Å². The van der Waals surface area contributed by atoms with Gasteiger partial charge in [0.25, 0.3) is 0 Å². The van der Waals surface area contributed by atoms with Crippen LogP contribution in [0.1, 0.15) is 31.2 Å². The van der Waals surface area contributed by atoms with Crippen LogP contribution >= 0.6 is 11.6 Å². The molecular weight excluding hydrogens is 288 g/mol.